The van der Waals surface area contributed by atoms with Crippen LogP contribution in [-0.4, -0.2) is 31.6 Å². The van der Waals surface area contributed by atoms with Crippen molar-refractivity contribution >= 4 is 0 Å². The van der Waals surface area contributed by atoms with Crippen molar-refractivity contribution in [3.63, 3.8) is 0 Å². The Bertz CT molecular complexity index is 315. The van der Waals surface area contributed by atoms with Gasteiger partial charge in [0.15, 0.2) is 0 Å². The molecule has 1 atom stereocenters. The van der Waals surface area contributed by atoms with Gasteiger partial charge in [0, 0.05) is 18.2 Å². The van der Waals surface area contributed by atoms with Gasteiger partial charge in [0.2, 0.25) is 0 Å². The first-order valence-corrected chi connectivity index (χ1v) is 5.71. The highest BCUT2D eigenvalue weighted by Crippen LogP contribution is 2.19. The smallest absolute Gasteiger partial charge is 0.123 e. The number of para-hydroxylation sites is 1. The van der Waals surface area contributed by atoms with Gasteiger partial charge in [0.05, 0.1) is 7.11 Å². The van der Waals surface area contributed by atoms with Crippen LogP contribution in [0.1, 0.15) is 18.9 Å². The lowest BCUT2D eigenvalue weighted by Gasteiger charge is -2.25. The van der Waals surface area contributed by atoms with Crippen molar-refractivity contribution in [3.8, 4) is 5.75 Å². The Kier molecular flexibility index (Phi) is 5.29. The molecule has 0 heterocycles. The third-order valence-electron chi connectivity index (χ3n) is 2.95. The summed E-state index contributed by atoms with van der Waals surface area (Å²) >= 11 is 0. The number of hydrogen-bond donors (Lipinski definition) is 1. The molecular weight excluding hydrogens is 200 g/mol. The number of ether oxygens (including phenoxy) is 1. The molecule has 0 fully saturated rings. The highest BCUT2D eigenvalue weighted by molar-refractivity contribution is 5.33. The van der Waals surface area contributed by atoms with Crippen molar-refractivity contribution in [1.29, 1.82) is 0 Å². The predicted molar refractivity (Wildman–Crippen MR) is 67.6 cm³/mol. The minimum atomic E-state index is 0.495. The lowest BCUT2D eigenvalue weighted by Crippen LogP contribution is -2.30. The van der Waals surface area contributed by atoms with Gasteiger partial charge in [0.25, 0.3) is 0 Å². The minimum absolute atomic E-state index is 0.495. The molecule has 1 unspecified atom stereocenters. The van der Waals surface area contributed by atoms with E-state index in [-0.39, 0.29) is 0 Å². The van der Waals surface area contributed by atoms with Crippen LogP contribution in [0.3, 0.4) is 0 Å². The lowest BCUT2D eigenvalue weighted by molar-refractivity contribution is 0.237. The molecule has 90 valence electrons. The molecule has 0 radical (unpaired) electrons. The molecule has 0 spiro atoms. The van der Waals surface area contributed by atoms with E-state index >= 15 is 0 Å². The van der Waals surface area contributed by atoms with Crippen molar-refractivity contribution < 1.29 is 4.74 Å². The maximum Gasteiger partial charge on any atom is 0.123 e. The number of nitrogens with two attached hydrogens (primary N) is 1. The molecular formula is C13H22N2O. The zero-order valence-corrected chi connectivity index (χ0v) is 10.4. The first kappa shape index (κ1) is 13.0. The number of hydrogen-bond acceptors (Lipinski definition) is 3. The van der Waals surface area contributed by atoms with Gasteiger partial charge in [-0.05, 0) is 33.0 Å². The van der Waals surface area contributed by atoms with Crippen LogP contribution >= 0.6 is 0 Å². The van der Waals surface area contributed by atoms with E-state index in [9.17, 15) is 0 Å². The average Bonchev–Trinajstić information content (AvgIpc) is 2.30. The Balaban J connectivity index is 2.64. The third-order valence-corrected chi connectivity index (χ3v) is 2.95. The van der Waals surface area contributed by atoms with Crippen LogP contribution in [-0.2, 0) is 6.54 Å². The van der Waals surface area contributed by atoms with Crippen LogP contribution in [0, 0.1) is 0 Å². The van der Waals surface area contributed by atoms with Gasteiger partial charge in [-0.2, -0.15) is 0 Å². The molecule has 0 saturated heterocycles. The van der Waals surface area contributed by atoms with Gasteiger partial charge in [-0.1, -0.05) is 18.2 Å². The maximum atomic E-state index is 5.57. The predicted octanol–water partition coefficient (Wildman–Crippen LogP) is 1.86. The third kappa shape index (κ3) is 3.51. The fourth-order valence-electron chi connectivity index (χ4n) is 1.72. The number of nitrogens with zero attached hydrogens (tertiary/aromatic N) is 1. The lowest BCUT2D eigenvalue weighted by atomic mass is 10.1. The molecule has 0 bridgehead atoms. The summed E-state index contributed by atoms with van der Waals surface area (Å²) < 4.78 is 5.33. The average molecular weight is 222 g/mol. The second kappa shape index (κ2) is 6.51. The van der Waals surface area contributed by atoms with Gasteiger partial charge >= 0.3 is 0 Å². The van der Waals surface area contributed by atoms with E-state index < -0.39 is 0 Å². The summed E-state index contributed by atoms with van der Waals surface area (Å²) in [6.07, 6.45) is 1.02. The van der Waals surface area contributed by atoms with Gasteiger partial charge in [-0.25, -0.2) is 0 Å². The largest absolute Gasteiger partial charge is 0.496 e. The zero-order valence-electron chi connectivity index (χ0n) is 10.4. The summed E-state index contributed by atoms with van der Waals surface area (Å²) in [5, 5.41) is 0. The molecule has 3 nitrogen and oxygen atoms in total. The Hall–Kier alpha value is -1.06. The Morgan fingerprint density at radius 3 is 2.69 bits per heavy atom. The van der Waals surface area contributed by atoms with Crippen molar-refractivity contribution in [1.82, 2.24) is 4.90 Å². The molecule has 0 saturated carbocycles. The summed E-state index contributed by atoms with van der Waals surface area (Å²) in [6.45, 7) is 3.82. The summed E-state index contributed by atoms with van der Waals surface area (Å²) in [5.41, 5.74) is 6.78. The van der Waals surface area contributed by atoms with Crippen molar-refractivity contribution in [2.24, 2.45) is 5.73 Å². The number of benzene rings is 1. The first-order chi connectivity index (χ1) is 7.69. The normalized spacial score (nSPS) is 12.8. The topological polar surface area (TPSA) is 38.5 Å². The molecule has 0 aromatic heterocycles. The van der Waals surface area contributed by atoms with E-state index in [1.807, 2.05) is 18.2 Å². The molecule has 16 heavy (non-hydrogen) atoms. The monoisotopic (exact) mass is 222 g/mol. The number of rotatable bonds is 6. The minimum Gasteiger partial charge on any atom is -0.496 e. The van der Waals surface area contributed by atoms with Crippen LogP contribution in [0.2, 0.25) is 0 Å². The van der Waals surface area contributed by atoms with Gasteiger partial charge in [0.1, 0.15) is 5.75 Å². The highest BCUT2D eigenvalue weighted by atomic mass is 16.5. The van der Waals surface area contributed by atoms with Crippen molar-refractivity contribution in [2.75, 3.05) is 20.7 Å². The Morgan fingerprint density at radius 1 is 1.38 bits per heavy atom. The summed E-state index contributed by atoms with van der Waals surface area (Å²) in [4.78, 5) is 2.30. The van der Waals surface area contributed by atoms with E-state index in [4.69, 9.17) is 10.5 Å². The zero-order chi connectivity index (χ0) is 12.0. The molecule has 1 aromatic carbocycles. The van der Waals surface area contributed by atoms with E-state index in [0.717, 1.165) is 25.3 Å². The SMILES string of the molecule is COc1ccccc1CN(C)C(C)CCN. The molecule has 2 N–H and O–H groups in total. The summed E-state index contributed by atoms with van der Waals surface area (Å²) in [7, 11) is 3.83. The van der Waals surface area contributed by atoms with Crippen LogP contribution in [0.4, 0.5) is 0 Å². The van der Waals surface area contributed by atoms with E-state index in [0.29, 0.717) is 6.04 Å². The van der Waals surface area contributed by atoms with E-state index in [2.05, 4.69) is 24.9 Å². The van der Waals surface area contributed by atoms with Crippen molar-refractivity contribution in [2.45, 2.75) is 25.9 Å². The second-order valence-corrected chi connectivity index (χ2v) is 4.15. The van der Waals surface area contributed by atoms with Gasteiger partial charge in [-0.15, -0.1) is 0 Å². The molecule has 3 heteroatoms. The fraction of sp³-hybridized carbons (Fsp3) is 0.538. The summed E-state index contributed by atoms with van der Waals surface area (Å²) in [6, 6.07) is 8.63. The van der Waals surface area contributed by atoms with Crippen LogP contribution in [0.15, 0.2) is 24.3 Å². The van der Waals surface area contributed by atoms with Crippen LogP contribution in [0.5, 0.6) is 5.75 Å². The van der Waals surface area contributed by atoms with Gasteiger partial charge in [-0.3, -0.25) is 4.90 Å². The quantitative estimate of drug-likeness (QED) is 0.798. The fourth-order valence-corrected chi connectivity index (χ4v) is 1.72. The van der Waals surface area contributed by atoms with E-state index in [1.165, 1.54) is 5.56 Å². The molecule has 0 aliphatic carbocycles. The molecule has 0 aliphatic heterocycles. The second-order valence-electron chi connectivity index (χ2n) is 4.15. The van der Waals surface area contributed by atoms with Crippen LogP contribution in [0.25, 0.3) is 0 Å². The molecule has 0 aliphatic rings. The maximum absolute atomic E-state index is 5.57. The van der Waals surface area contributed by atoms with E-state index in [1.54, 1.807) is 7.11 Å². The standard InChI is InChI=1S/C13H22N2O/c1-11(8-9-14)15(2)10-12-6-4-5-7-13(12)16-3/h4-7,11H,8-10,14H2,1-3H3. The number of methoxy groups -OCH3 is 1. The van der Waals surface area contributed by atoms with Crippen LogP contribution < -0.4 is 10.5 Å². The summed E-state index contributed by atoms with van der Waals surface area (Å²) in [5.74, 6) is 0.953. The first-order valence-electron chi connectivity index (χ1n) is 5.71. The molecule has 1 aromatic rings. The molecule has 1 rings (SSSR count). The Labute approximate surface area is 98.2 Å². The van der Waals surface area contributed by atoms with Crippen molar-refractivity contribution in [3.05, 3.63) is 29.8 Å². The highest BCUT2D eigenvalue weighted by Gasteiger charge is 2.10. The Morgan fingerprint density at radius 2 is 2.06 bits per heavy atom. The molecule has 0 amide bonds. The van der Waals surface area contributed by atoms with Gasteiger partial charge < -0.3 is 10.5 Å².